The molecule has 0 spiro atoms. The van der Waals surface area contributed by atoms with Gasteiger partial charge in [-0.3, -0.25) is 9.69 Å². The molecule has 1 aliphatic rings. The largest absolute Gasteiger partial charge is 0.486 e. The lowest BCUT2D eigenvalue weighted by Crippen LogP contribution is -2.52. The molecule has 1 heterocycles. The molecule has 0 amide bonds. The number of carboxylic acid groups (broad SMARTS) is 1. The minimum Gasteiger partial charge on any atom is -0.486 e. The first kappa shape index (κ1) is 13.7. The van der Waals surface area contributed by atoms with Crippen LogP contribution in [0.3, 0.4) is 0 Å². The van der Waals surface area contributed by atoms with Gasteiger partial charge in [-0.15, -0.1) is 0 Å². The highest BCUT2D eigenvalue weighted by Gasteiger charge is 2.34. The molecule has 1 aromatic rings. The fourth-order valence-corrected chi connectivity index (χ4v) is 1.85. The van der Waals surface area contributed by atoms with E-state index in [-0.39, 0.29) is 6.10 Å². The molecular weight excluding hydrogens is 246 g/mol. The molecule has 0 saturated heterocycles. The lowest BCUT2D eigenvalue weighted by Gasteiger charge is -2.35. The van der Waals surface area contributed by atoms with Gasteiger partial charge in [-0.05, 0) is 33.0 Å². The van der Waals surface area contributed by atoms with Gasteiger partial charge >= 0.3 is 5.97 Å². The van der Waals surface area contributed by atoms with E-state index in [1.54, 1.807) is 25.8 Å². The number of hydrogen-bond acceptors (Lipinski definition) is 4. The first-order valence-corrected chi connectivity index (χ1v) is 6.24. The van der Waals surface area contributed by atoms with Crippen LogP contribution < -0.4 is 9.47 Å². The van der Waals surface area contributed by atoms with Gasteiger partial charge in [-0.25, -0.2) is 0 Å². The highest BCUT2D eigenvalue weighted by atomic mass is 16.6. The van der Waals surface area contributed by atoms with Crippen LogP contribution in [0.25, 0.3) is 0 Å². The van der Waals surface area contributed by atoms with Gasteiger partial charge in [-0.2, -0.15) is 0 Å². The number of likely N-dealkylation sites (N-methyl/N-ethyl adjacent to an activating group) is 1. The van der Waals surface area contributed by atoms with Crippen LogP contribution in [0.4, 0.5) is 0 Å². The number of para-hydroxylation sites is 2. The molecule has 5 heteroatoms. The lowest BCUT2D eigenvalue weighted by atomic mass is 10.0. The van der Waals surface area contributed by atoms with Gasteiger partial charge in [0.15, 0.2) is 11.5 Å². The van der Waals surface area contributed by atoms with Gasteiger partial charge in [-0.1, -0.05) is 12.1 Å². The second kappa shape index (κ2) is 5.09. The van der Waals surface area contributed by atoms with E-state index in [4.69, 9.17) is 9.47 Å². The smallest absolute Gasteiger partial charge is 0.323 e. The quantitative estimate of drug-likeness (QED) is 0.896. The van der Waals surface area contributed by atoms with E-state index in [2.05, 4.69) is 0 Å². The third-order valence-corrected chi connectivity index (χ3v) is 3.52. The Balaban J connectivity index is 2.01. The van der Waals surface area contributed by atoms with Crippen LogP contribution in [0.5, 0.6) is 11.5 Å². The van der Waals surface area contributed by atoms with Gasteiger partial charge in [0, 0.05) is 6.54 Å². The molecular formula is C14H19NO4. The average molecular weight is 265 g/mol. The van der Waals surface area contributed by atoms with E-state index in [0.29, 0.717) is 18.9 Å². The zero-order valence-electron chi connectivity index (χ0n) is 11.4. The van der Waals surface area contributed by atoms with E-state index in [0.717, 1.165) is 5.75 Å². The Labute approximate surface area is 112 Å². The van der Waals surface area contributed by atoms with Crippen LogP contribution in [-0.2, 0) is 4.79 Å². The maximum atomic E-state index is 11.2. The molecule has 0 bridgehead atoms. The molecule has 0 radical (unpaired) electrons. The van der Waals surface area contributed by atoms with E-state index in [1.807, 2.05) is 24.3 Å². The van der Waals surface area contributed by atoms with Crippen LogP contribution in [0.1, 0.15) is 13.8 Å². The summed E-state index contributed by atoms with van der Waals surface area (Å²) in [5, 5.41) is 9.19. The van der Waals surface area contributed by atoms with Crippen molar-refractivity contribution < 1.29 is 19.4 Å². The standard InChI is InChI=1S/C14H19NO4/c1-14(2,13(16)17)15(3)8-10-9-18-11-6-4-5-7-12(11)19-10/h4-7,10H,8-9H2,1-3H3,(H,16,17). The van der Waals surface area contributed by atoms with E-state index >= 15 is 0 Å². The number of nitrogens with zero attached hydrogens (tertiary/aromatic N) is 1. The van der Waals surface area contributed by atoms with Crippen molar-refractivity contribution in [2.75, 3.05) is 20.2 Å². The number of fused-ring (bicyclic) bond motifs is 1. The summed E-state index contributed by atoms with van der Waals surface area (Å²) in [6.07, 6.45) is -0.168. The maximum absolute atomic E-state index is 11.2. The normalized spacial score (nSPS) is 18.4. The minimum atomic E-state index is -0.930. The fraction of sp³-hybridized carbons (Fsp3) is 0.500. The van der Waals surface area contributed by atoms with E-state index < -0.39 is 11.5 Å². The van der Waals surface area contributed by atoms with Gasteiger partial charge < -0.3 is 14.6 Å². The van der Waals surface area contributed by atoms with Gasteiger partial charge in [0.25, 0.3) is 0 Å². The monoisotopic (exact) mass is 265 g/mol. The first-order valence-electron chi connectivity index (χ1n) is 6.24. The molecule has 19 heavy (non-hydrogen) atoms. The second-order valence-corrected chi connectivity index (χ2v) is 5.24. The van der Waals surface area contributed by atoms with Gasteiger partial charge in [0.1, 0.15) is 18.2 Å². The molecule has 1 N–H and O–H groups in total. The number of carbonyl (C=O) groups is 1. The molecule has 2 rings (SSSR count). The highest BCUT2D eigenvalue weighted by molar-refractivity contribution is 5.77. The molecule has 1 aliphatic heterocycles. The Hall–Kier alpha value is -1.75. The van der Waals surface area contributed by atoms with Crippen LogP contribution in [-0.4, -0.2) is 47.8 Å². The zero-order chi connectivity index (χ0) is 14.0. The Kier molecular flexibility index (Phi) is 3.66. The van der Waals surface area contributed by atoms with Gasteiger partial charge in [0.05, 0.1) is 0 Å². The van der Waals surface area contributed by atoms with Crippen LogP contribution in [0.15, 0.2) is 24.3 Å². The molecule has 1 unspecified atom stereocenters. The third kappa shape index (κ3) is 2.81. The van der Waals surface area contributed by atoms with E-state index in [9.17, 15) is 9.90 Å². The number of aliphatic carboxylic acids is 1. The fourth-order valence-electron chi connectivity index (χ4n) is 1.85. The molecule has 0 saturated carbocycles. The van der Waals surface area contributed by atoms with E-state index in [1.165, 1.54) is 0 Å². The minimum absolute atomic E-state index is 0.168. The second-order valence-electron chi connectivity index (χ2n) is 5.24. The van der Waals surface area contributed by atoms with Crippen molar-refractivity contribution in [1.82, 2.24) is 4.90 Å². The Bertz CT molecular complexity index is 472. The van der Waals surface area contributed by atoms with Crippen molar-refractivity contribution in [3.8, 4) is 11.5 Å². The van der Waals surface area contributed by atoms with Crippen molar-refractivity contribution in [1.29, 1.82) is 0 Å². The number of benzene rings is 1. The number of rotatable bonds is 4. The Morgan fingerprint density at radius 2 is 2.05 bits per heavy atom. The summed E-state index contributed by atoms with van der Waals surface area (Å²) >= 11 is 0. The van der Waals surface area contributed by atoms with Crippen LogP contribution in [0, 0.1) is 0 Å². The zero-order valence-corrected chi connectivity index (χ0v) is 11.4. The van der Waals surface area contributed by atoms with Gasteiger partial charge in [0.2, 0.25) is 0 Å². The Morgan fingerprint density at radius 3 is 2.68 bits per heavy atom. The first-order chi connectivity index (χ1) is 8.91. The summed E-state index contributed by atoms with van der Waals surface area (Å²) in [6.45, 7) is 4.27. The Morgan fingerprint density at radius 1 is 1.42 bits per heavy atom. The summed E-state index contributed by atoms with van der Waals surface area (Å²) in [7, 11) is 1.78. The van der Waals surface area contributed by atoms with Crippen molar-refractivity contribution in [3.05, 3.63) is 24.3 Å². The van der Waals surface area contributed by atoms with Crippen molar-refractivity contribution >= 4 is 5.97 Å². The lowest BCUT2D eigenvalue weighted by molar-refractivity contribution is -0.149. The highest BCUT2D eigenvalue weighted by Crippen LogP contribution is 2.31. The molecule has 1 aromatic carbocycles. The van der Waals surface area contributed by atoms with Crippen LogP contribution >= 0.6 is 0 Å². The number of ether oxygens (including phenoxy) is 2. The predicted octanol–water partition coefficient (Wildman–Crippen LogP) is 1.62. The molecule has 0 aromatic heterocycles. The number of carboxylic acids is 1. The predicted molar refractivity (Wildman–Crippen MR) is 70.7 cm³/mol. The summed E-state index contributed by atoms with van der Waals surface area (Å²) in [4.78, 5) is 13.0. The molecule has 0 fully saturated rings. The summed E-state index contributed by atoms with van der Waals surface area (Å²) in [6, 6.07) is 7.48. The van der Waals surface area contributed by atoms with Crippen molar-refractivity contribution in [3.63, 3.8) is 0 Å². The SMILES string of the molecule is CN(CC1COc2ccccc2O1)C(C)(C)C(=O)O. The topological polar surface area (TPSA) is 59.0 Å². The third-order valence-electron chi connectivity index (χ3n) is 3.52. The van der Waals surface area contributed by atoms with Crippen LogP contribution in [0.2, 0.25) is 0 Å². The van der Waals surface area contributed by atoms with Crippen molar-refractivity contribution in [2.24, 2.45) is 0 Å². The molecule has 0 aliphatic carbocycles. The summed E-state index contributed by atoms with van der Waals surface area (Å²) in [5.41, 5.74) is -0.930. The van der Waals surface area contributed by atoms with Crippen molar-refractivity contribution in [2.45, 2.75) is 25.5 Å². The summed E-state index contributed by atoms with van der Waals surface area (Å²) in [5.74, 6) is 0.589. The average Bonchev–Trinajstić information content (AvgIpc) is 2.38. The summed E-state index contributed by atoms with van der Waals surface area (Å²) < 4.78 is 11.4. The molecule has 104 valence electrons. The maximum Gasteiger partial charge on any atom is 0.323 e. The number of hydrogen-bond donors (Lipinski definition) is 1. The molecule has 1 atom stereocenters. The molecule has 5 nitrogen and oxygen atoms in total.